The van der Waals surface area contributed by atoms with Crippen LogP contribution in [0.4, 0.5) is 0 Å². The number of ether oxygens (including phenoxy) is 2. The molecule has 0 saturated heterocycles. The third-order valence-electron chi connectivity index (χ3n) is 5.09. The maximum absolute atomic E-state index is 13.1. The van der Waals surface area contributed by atoms with Gasteiger partial charge in [0.2, 0.25) is 0 Å². The lowest BCUT2D eigenvalue weighted by atomic mass is 10.1. The number of hydrogen-bond donors (Lipinski definition) is 0. The highest BCUT2D eigenvalue weighted by Crippen LogP contribution is 2.37. The van der Waals surface area contributed by atoms with Gasteiger partial charge in [-0.3, -0.25) is 9.10 Å². The Bertz CT molecular complexity index is 1410. The lowest BCUT2D eigenvalue weighted by Gasteiger charge is -2.31. The number of allylic oxidation sites excluding steroid dienone is 1. The molecule has 4 rings (SSSR count). The van der Waals surface area contributed by atoms with Gasteiger partial charge in [0.05, 0.1) is 11.4 Å². The van der Waals surface area contributed by atoms with E-state index in [0.717, 1.165) is 15.1 Å². The zero-order valence-electron chi connectivity index (χ0n) is 17.9. The summed E-state index contributed by atoms with van der Waals surface area (Å²) in [6.45, 7) is 4.21. The van der Waals surface area contributed by atoms with Crippen LogP contribution in [-0.4, -0.2) is 37.6 Å². The molecule has 0 spiro atoms. The van der Waals surface area contributed by atoms with Gasteiger partial charge in [-0.05, 0) is 35.0 Å². The molecule has 1 aliphatic heterocycles. The van der Waals surface area contributed by atoms with Crippen molar-refractivity contribution < 1.29 is 27.5 Å². The first-order valence-corrected chi connectivity index (χ1v) is 11.6. The van der Waals surface area contributed by atoms with Crippen LogP contribution in [0.15, 0.2) is 90.0 Å². The highest BCUT2D eigenvalue weighted by atomic mass is 32.2. The molecule has 33 heavy (non-hydrogen) atoms. The fourth-order valence-corrected chi connectivity index (χ4v) is 5.33. The number of carbonyl (C=O) groups excluding carboxylic acids is 2. The molecule has 0 bridgehead atoms. The lowest BCUT2D eigenvalue weighted by molar-refractivity contribution is -0.139. The Morgan fingerprint density at radius 3 is 2.42 bits per heavy atom. The fourth-order valence-electron chi connectivity index (χ4n) is 3.65. The van der Waals surface area contributed by atoms with Gasteiger partial charge in [-0.2, -0.15) is 0 Å². The predicted molar refractivity (Wildman–Crippen MR) is 124 cm³/mol. The SMILES string of the molecule is C=CCN1C(C(C)=O)=C(OC(=O)COc2ccc3ccccc3c2)c2ccccc2S1(=O)=O. The van der Waals surface area contributed by atoms with Crippen LogP contribution in [-0.2, 0) is 24.3 Å². The van der Waals surface area contributed by atoms with Crippen molar-refractivity contribution >= 4 is 38.3 Å². The van der Waals surface area contributed by atoms with E-state index in [9.17, 15) is 18.0 Å². The van der Waals surface area contributed by atoms with Gasteiger partial charge in [0.25, 0.3) is 10.0 Å². The molecule has 168 valence electrons. The average Bonchev–Trinajstić information content (AvgIpc) is 2.80. The Labute approximate surface area is 191 Å². The van der Waals surface area contributed by atoms with Crippen molar-refractivity contribution in [3.05, 3.63) is 90.6 Å². The summed E-state index contributed by atoms with van der Waals surface area (Å²) < 4.78 is 38.2. The summed E-state index contributed by atoms with van der Waals surface area (Å²) in [4.78, 5) is 25.1. The second kappa shape index (κ2) is 8.91. The number of nitrogens with zero attached hydrogens (tertiary/aromatic N) is 1. The summed E-state index contributed by atoms with van der Waals surface area (Å²) in [7, 11) is -4.02. The fraction of sp³-hybridized carbons (Fsp3) is 0.120. The van der Waals surface area contributed by atoms with E-state index < -0.39 is 28.4 Å². The van der Waals surface area contributed by atoms with Crippen molar-refractivity contribution in [1.82, 2.24) is 4.31 Å². The van der Waals surface area contributed by atoms with E-state index >= 15 is 0 Å². The Kier molecular flexibility index (Phi) is 6.02. The molecule has 0 fully saturated rings. The topological polar surface area (TPSA) is 90.0 Å². The predicted octanol–water partition coefficient (Wildman–Crippen LogP) is 3.91. The molecule has 1 aliphatic rings. The molecule has 0 amide bonds. The molecule has 0 radical (unpaired) electrons. The van der Waals surface area contributed by atoms with Crippen LogP contribution < -0.4 is 4.74 Å². The Morgan fingerprint density at radius 2 is 1.70 bits per heavy atom. The molecule has 0 N–H and O–H groups in total. The number of rotatable bonds is 7. The van der Waals surface area contributed by atoms with Crippen molar-refractivity contribution in [1.29, 1.82) is 0 Å². The molecule has 0 saturated carbocycles. The number of Topliss-reactive ketones (excluding diaryl/α,β-unsaturated/α-hetero) is 1. The van der Waals surface area contributed by atoms with Crippen molar-refractivity contribution in [2.45, 2.75) is 11.8 Å². The van der Waals surface area contributed by atoms with Gasteiger partial charge in [-0.25, -0.2) is 13.2 Å². The molecule has 1 heterocycles. The van der Waals surface area contributed by atoms with Crippen LogP contribution >= 0.6 is 0 Å². The van der Waals surface area contributed by atoms with E-state index in [0.29, 0.717) is 5.75 Å². The van der Waals surface area contributed by atoms with E-state index in [1.807, 2.05) is 30.3 Å². The Hall–Kier alpha value is -3.91. The van der Waals surface area contributed by atoms with E-state index in [2.05, 4.69) is 6.58 Å². The first-order chi connectivity index (χ1) is 15.8. The third kappa shape index (κ3) is 4.25. The molecular weight excluding hydrogens is 442 g/mol. The summed E-state index contributed by atoms with van der Waals surface area (Å²) in [5, 5.41) is 1.99. The number of esters is 1. The molecular formula is C25H21NO6S. The first kappa shape index (κ1) is 22.3. The molecule has 0 unspecified atom stereocenters. The third-order valence-corrected chi connectivity index (χ3v) is 6.91. The summed E-state index contributed by atoms with van der Waals surface area (Å²) in [5.41, 5.74) is -0.0882. The first-order valence-electron chi connectivity index (χ1n) is 10.1. The molecule has 0 aliphatic carbocycles. The highest BCUT2D eigenvalue weighted by Gasteiger charge is 2.39. The molecule has 0 atom stereocenters. The summed E-state index contributed by atoms with van der Waals surface area (Å²) in [5.74, 6) is -0.981. The molecule has 3 aromatic rings. The number of hydrogen-bond acceptors (Lipinski definition) is 6. The van der Waals surface area contributed by atoms with Crippen LogP contribution in [0.5, 0.6) is 5.75 Å². The second-order valence-corrected chi connectivity index (χ2v) is 9.16. The van der Waals surface area contributed by atoms with Gasteiger partial charge < -0.3 is 9.47 Å². The molecule has 0 aromatic heterocycles. The van der Waals surface area contributed by atoms with Crippen LogP contribution in [0.25, 0.3) is 16.5 Å². The van der Waals surface area contributed by atoms with Crippen molar-refractivity contribution in [2.24, 2.45) is 0 Å². The minimum atomic E-state index is -4.02. The Morgan fingerprint density at radius 1 is 1.00 bits per heavy atom. The average molecular weight is 464 g/mol. The summed E-state index contributed by atoms with van der Waals surface area (Å²) >= 11 is 0. The summed E-state index contributed by atoms with van der Waals surface area (Å²) in [6, 6.07) is 19.2. The van der Waals surface area contributed by atoms with Crippen molar-refractivity contribution in [3.63, 3.8) is 0 Å². The van der Waals surface area contributed by atoms with Gasteiger partial charge in [-0.1, -0.05) is 48.5 Å². The number of benzene rings is 3. The monoisotopic (exact) mass is 463 g/mol. The maximum atomic E-state index is 13.1. The number of fused-ring (bicyclic) bond motifs is 2. The van der Waals surface area contributed by atoms with Crippen LogP contribution in [0.2, 0.25) is 0 Å². The van der Waals surface area contributed by atoms with Gasteiger partial charge >= 0.3 is 5.97 Å². The van der Waals surface area contributed by atoms with Gasteiger partial charge in [0.1, 0.15) is 11.4 Å². The quantitative estimate of drug-likeness (QED) is 0.390. The van der Waals surface area contributed by atoms with Gasteiger partial charge in [0, 0.05) is 12.5 Å². The van der Waals surface area contributed by atoms with Crippen LogP contribution in [0.1, 0.15) is 12.5 Å². The van der Waals surface area contributed by atoms with E-state index in [4.69, 9.17) is 9.47 Å². The largest absolute Gasteiger partial charge is 0.482 e. The van der Waals surface area contributed by atoms with Crippen LogP contribution in [0.3, 0.4) is 0 Å². The Balaban J connectivity index is 1.64. The van der Waals surface area contributed by atoms with Gasteiger partial charge in [-0.15, -0.1) is 6.58 Å². The molecule has 7 nitrogen and oxygen atoms in total. The molecule has 3 aromatic carbocycles. The van der Waals surface area contributed by atoms with Crippen molar-refractivity contribution in [2.75, 3.05) is 13.2 Å². The number of sulfonamides is 1. The van der Waals surface area contributed by atoms with Crippen LogP contribution in [0, 0.1) is 0 Å². The van der Waals surface area contributed by atoms with E-state index in [1.54, 1.807) is 24.3 Å². The van der Waals surface area contributed by atoms with E-state index in [1.165, 1.54) is 25.1 Å². The minimum absolute atomic E-state index is 0.0601. The normalized spacial score (nSPS) is 14.5. The standard InChI is InChI=1S/C25H21NO6S/c1-3-14-26-24(17(2)27)25(21-10-6-7-11-22(21)33(26,29)30)32-23(28)16-31-20-13-12-18-8-4-5-9-19(18)15-20/h3-13,15H,1,14,16H2,2H3. The maximum Gasteiger partial charge on any atom is 0.349 e. The molecule has 8 heteroatoms. The second-order valence-electron chi connectivity index (χ2n) is 7.33. The minimum Gasteiger partial charge on any atom is -0.482 e. The zero-order chi connectivity index (χ0) is 23.6. The number of carbonyl (C=O) groups is 2. The van der Waals surface area contributed by atoms with Crippen molar-refractivity contribution in [3.8, 4) is 5.75 Å². The van der Waals surface area contributed by atoms with E-state index in [-0.39, 0.29) is 28.5 Å². The summed E-state index contributed by atoms with van der Waals surface area (Å²) in [6.07, 6.45) is 1.36. The smallest absolute Gasteiger partial charge is 0.349 e. The lowest BCUT2D eigenvalue weighted by Crippen LogP contribution is -2.38. The van der Waals surface area contributed by atoms with Gasteiger partial charge in [0.15, 0.2) is 18.1 Å². The highest BCUT2D eigenvalue weighted by molar-refractivity contribution is 7.89. The zero-order valence-corrected chi connectivity index (χ0v) is 18.7. The number of ketones is 1.